The Bertz CT molecular complexity index is 1330. The van der Waals surface area contributed by atoms with Crippen molar-refractivity contribution in [3.63, 3.8) is 0 Å². The largest absolute Gasteiger partial charge is 0.326 e. The van der Waals surface area contributed by atoms with E-state index in [1.54, 1.807) is 0 Å². The SMILES string of the molecule is N#Cc1c(-c2ccccc2)csc1NC(=O)CSc1cccc(NC(=O)Cc2ccccc2)c1. The number of carbonyl (C=O) groups is 2. The highest BCUT2D eigenvalue weighted by Gasteiger charge is 2.15. The number of hydrogen-bond donors (Lipinski definition) is 2. The fourth-order valence-corrected chi connectivity index (χ4v) is 5.04. The van der Waals surface area contributed by atoms with E-state index >= 15 is 0 Å². The van der Waals surface area contributed by atoms with Crippen LogP contribution in [0.25, 0.3) is 11.1 Å². The van der Waals surface area contributed by atoms with Crippen LogP contribution in [0, 0.1) is 11.3 Å². The quantitative estimate of drug-likeness (QED) is 0.292. The molecule has 7 heteroatoms. The molecule has 2 N–H and O–H groups in total. The van der Waals surface area contributed by atoms with E-state index in [-0.39, 0.29) is 17.6 Å². The molecule has 0 atom stereocenters. The fraction of sp³-hybridized carbons (Fsp3) is 0.0741. The summed E-state index contributed by atoms with van der Waals surface area (Å²) in [5, 5.41) is 17.8. The number of nitriles is 1. The smallest absolute Gasteiger partial charge is 0.235 e. The van der Waals surface area contributed by atoms with Gasteiger partial charge < -0.3 is 10.6 Å². The summed E-state index contributed by atoms with van der Waals surface area (Å²) in [7, 11) is 0. The maximum atomic E-state index is 12.6. The van der Waals surface area contributed by atoms with E-state index in [9.17, 15) is 14.9 Å². The average Bonchev–Trinajstić information content (AvgIpc) is 3.26. The summed E-state index contributed by atoms with van der Waals surface area (Å²) in [5.41, 5.74) is 3.86. The van der Waals surface area contributed by atoms with Gasteiger partial charge in [-0.3, -0.25) is 9.59 Å². The Morgan fingerprint density at radius 3 is 2.35 bits per heavy atom. The zero-order chi connectivity index (χ0) is 23.8. The first-order valence-electron chi connectivity index (χ1n) is 10.6. The van der Waals surface area contributed by atoms with Gasteiger partial charge >= 0.3 is 0 Å². The normalized spacial score (nSPS) is 10.3. The van der Waals surface area contributed by atoms with E-state index in [1.807, 2.05) is 90.3 Å². The second-order valence-electron chi connectivity index (χ2n) is 7.41. The minimum absolute atomic E-state index is 0.0953. The first-order valence-corrected chi connectivity index (χ1v) is 12.4. The van der Waals surface area contributed by atoms with Crippen LogP contribution < -0.4 is 10.6 Å². The van der Waals surface area contributed by atoms with Crippen molar-refractivity contribution in [1.29, 1.82) is 5.26 Å². The van der Waals surface area contributed by atoms with Gasteiger partial charge in [-0.15, -0.1) is 23.1 Å². The van der Waals surface area contributed by atoms with Gasteiger partial charge in [-0.1, -0.05) is 66.7 Å². The summed E-state index contributed by atoms with van der Waals surface area (Å²) in [6, 6.07) is 28.8. The summed E-state index contributed by atoms with van der Waals surface area (Å²) in [6.07, 6.45) is 0.299. The van der Waals surface area contributed by atoms with E-state index in [1.165, 1.54) is 23.1 Å². The standard InChI is InChI=1S/C27H21N3O2S2/c28-16-23-24(20-10-5-2-6-11-20)17-34-27(23)30-26(32)18-33-22-13-7-12-21(15-22)29-25(31)14-19-8-3-1-4-9-19/h1-13,15,17H,14,18H2,(H,29,31)(H,30,32). The lowest BCUT2D eigenvalue weighted by molar-refractivity contribution is -0.115. The highest BCUT2D eigenvalue weighted by atomic mass is 32.2. The van der Waals surface area contributed by atoms with Crippen LogP contribution in [-0.2, 0) is 16.0 Å². The minimum atomic E-state index is -0.193. The van der Waals surface area contributed by atoms with Crippen LogP contribution in [-0.4, -0.2) is 17.6 Å². The maximum Gasteiger partial charge on any atom is 0.235 e. The van der Waals surface area contributed by atoms with E-state index in [2.05, 4.69) is 16.7 Å². The molecule has 0 radical (unpaired) electrons. The molecule has 1 heterocycles. The Balaban J connectivity index is 1.34. The van der Waals surface area contributed by atoms with Gasteiger partial charge in [0.2, 0.25) is 11.8 Å². The third kappa shape index (κ3) is 6.13. The van der Waals surface area contributed by atoms with Gasteiger partial charge in [0.05, 0.1) is 17.7 Å². The number of thioether (sulfide) groups is 1. The van der Waals surface area contributed by atoms with Crippen LogP contribution in [0.4, 0.5) is 10.7 Å². The molecule has 2 amide bonds. The molecule has 0 unspecified atom stereocenters. The molecule has 0 aliphatic rings. The molecule has 0 fully saturated rings. The average molecular weight is 484 g/mol. The summed E-state index contributed by atoms with van der Waals surface area (Å²) in [4.78, 5) is 25.7. The molecule has 0 saturated heterocycles. The molecular weight excluding hydrogens is 462 g/mol. The Labute approximate surface area is 206 Å². The Hall–Kier alpha value is -3.86. The van der Waals surface area contributed by atoms with Crippen LogP contribution >= 0.6 is 23.1 Å². The molecule has 0 spiro atoms. The predicted molar refractivity (Wildman–Crippen MR) is 139 cm³/mol. The molecule has 3 aromatic carbocycles. The van der Waals surface area contributed by atoms with Gasteiger partial charge in [-0.25, -0.2) is 0 Å². The summed E-state index contributed by atoms with van der Waals surface area (Å²) in [5.74, 6) is -0.103. The number of hydrogen-bond acceptors (Lipinski definition) is 5. The monoisotopic (exact) mass is 483 g/mol. The zero-order valence-corrected chi connectivity index (χ0v) is 19.8. The molecule has 0 aliphatic heterocycles. The Kier molecular flexibility index (Phi) is 7.76. The lowest BCUT2D eigenvalue weighted by Crippen LogP contribution is -2.15. The van der Waals surface area contributed by atoms with Gasteiger partial charge in [0.15, 0.2) is 0 Å². The summed E-state index contributed by atoms with van der Waals surface area (Å²) < 4.78 is 0. The maximum absolute atomic E-state index is 12.6. The second-order valence-corrected chi connectivity index (χ2v) is 9.33. The first kappa shape index (κ1) is 23.3. The highest BCUT2D eigenvalue weighted by Crippen LogP contribution is 2.35. The van der Waals surface area contributed by atoms with Gasteiger partial charge in [-0.2, -0.15) is 5.26 Å². The van der Waals surface area contributed by atoms with E-state index in [0.29, 0.717) is 22.7 Å². The number of anilines is 2. The number of benzene rings is 3. The number of carbonyl (C=O) groups excluding carboxylic acids is 2. The molecule has 4 rings (SSSR count). The van der Waals surface area contributed by atoms with Crippen LogP contribution in [0.2, 0.25) is 0 Å². The first-order chi connectivity index (χ1) is 16.6. The van der Waals surface area contributed by atoms with Crippen LogP contribution in [0.15, 0.2) is 95.2 Å². The van der Waals surface area contributed by atoms with E-state index < -0.39 is 0 Å². The fourth-order valence-electron chi connectivity index (χ4n) is 3.35. The second kappa shape index (κ2) is 11.3. The van der Waals surface area contributed by atoms with Gasteiger partial charge in [0, 0.05) is 21.5 Å². The van der Waals surface area contributed by atoms with Crippen molar-refractivity contribution < 1.29 is 9.59 Å². The minimum Gasteiger partial charge on any atom is -0.326 e. The zero-order valence-electron chi connectivity index (χ0n) is 18.2. The van der Waals surface area contributed by atoms with Crippen molar-refractivity contribution in [2.24, 2.45) is 0 Å². The number of rotatable bonds is 8. The topological polar surface area (TPSA) is 82.0 Å². The lowest BCUT2D eigenvalue weighted by atomic mass is 10.1. The number of nitrogens with one attached hydrogen (secondary N) is 2. The number of nitrogens with zero attached hydrogens (tertiary/aromatic N) is 1. The van der Waals surface area contributed by atoms with Crippen LogP contribution in [0.3, 0.4) is 0 Å². The third-order valence-electron chi connectivity index (χ3n) is 4.94. The molecule has 0 aliphatic carbocycles. The molecule has 1 aromatic heterocycles. The lowest BCUT2D eigenvalue weighted by Gasteiger charge is -2.08. The molecule has 5 nitrogen and oxygen atoms in total. The van der Waals surface area contributed by atoms with Crippen LogP contribution in [0.1, 0.15) is 11.1 Å². The van der Waals surface area contributed by atoms with Crippen molar-refractivity contribution in [2.45, 2.75) is 11.3 Å². The third-order valence-corrected chi connectivity index (χ3v) is 6.83. The van der Waals surface area contributed by atoms with E-state index in [0.717, 1.165) is 21.6 Å². The number of thiophene rings is 1. The van der Waals surface area contributed by atoms with Crippen molar-refractivity contribution in [3.05, 3.63) is 101 Å². The molecule has 168 valence electrons. The van der Waals surface area contributed by atoms with Crippen molar-refractivity contribution >= 4 is 45.6 Å². The molecule has 34 heavy (non-hydrogen) atoms. The van der Waals surface area contributed by atoms with E-state index in [4.69, 9.17) is 0 Å². The van der Waals surface area contributed by atoms with Gasteiger partial charge in [0.1, 0.15) is 11.1 Å². The Morgan fingerprint density at radius 2 is 1.62 bits per heavy atom. The predicted octanol–water partition coefficient (Wildman–Crippen LogP) is 6.20. The summed E-state index contributed by atoms with van der Waals surface area (Å²) >= 11 is 2.71. The molecule has 4 aromatic rings. The van der Waals surface area contributed by atoms with Crippen molar-refractivity contribution in [2.75, 3.05) is 16.4 Å². The number of amides is 2. The molecule has 0 bridgehead atoms. The van der Waals surface area contributed by atoms with Crippen LogP contribution in [0.5, 0.6) is 0 Å². The highest BCUT2D eigenvalue weighted by molar-refractivity contribution is 8.00. The van der Waals surface area contributed by atoms with Gasteiger partial charge in [-0.05, 0) is 29.3 Å². The van der Waals surface area contributed by atoms with Crippen molar-refractivity contribution in [3.8, 4) is 17.2 Å². The van der Waals surface area contributed by atoms with Gasteiger partial charge in [0.25, 0.3) is 0 Å². The summed E-state index contributed by atoms with van der Waals surface area (Å²) in [6.45, 7) is 0. The Morgan fingerprint density at radius 1 is 0.882 bits per heavy atom. The molecular formula is C27H21N3O2S2. The van der Waals surface area contributed by atoms with Crippen molar-refractivity contribution in [1.82, 2.24) is 0 Å². The molecule has 0 saturated carbocycles.